The zero-order valence-electron chi connectivity index (χ0n) is 13.8. The maximum Gasteiger partial charge on any atom is 0.162 e. The molecule has 0 unspecified atom stereocenters. The van der Waals surface area contributed by atoms with Crippen LogP contribution in [0.15, 0.2) is 18.2 Å². The minimum atomic E-state index is -0.361. The number of phenols is 1. The molecule has 1 aromatic rings. The third-order valence-corrected chi connectivity index (χ3v) is 4.29. The zero-order chi connectivity index (χ0) is 16.2. The van der Waals surface area contributed by atoms with Gasteiger partial charge in [0.15, 0.2) is 11.5 Å². The molecule has 0 radical (unpaired) electrons. The van der Waals surface area contributed by atoms with Crippen LogP contribution >= 0.6 is 0 Å². The molecule has 5 nitrogen and oxygen atoms in total. The van der Waals surface area contributed by atoms with E-state index in [1.54, 1.807) is 6.07 Å². The fourth-order valence-electron chi connectivity index (χ4n) is 3.17. The number of benzene rings is 1. The molecular weight excluding hydrogens is 280 g/mol. The highest BCUT2D eigenvalue weighted by Gasteiger charge is 2.37. The Bertz CT molecular complexity index is 485. The molecule has 1 aliphatic rings. The number of aromatic hydroxyl groups is 1. The second-order valence-electron chi connectivity index (χ2n) is 6.46. The summed E-state index contributed by atoms with van der Waals surface area (Å²) < 4.78 is 5.52. The van der Waals surface area contributed by atoms with Crippen molar-refractivity contribution in [3.63, 3.8) is 0 Å². The molecule has 1 fully saturated rings. The smallest absolute Gasteiger partial charge is 0.162 e. The van der Waals surface area contributed by atoms with Crippen LogP contribution in [0, 0.1) is 5.41 Å². The van der Waals surface area contributed by atoms with Gasteiger partial charge in [0, 0.05) is 49.8 Å². The number of nitrogens with zero attached hydrogens (tertiary/aromatic N) is 1. The quantitative estimate of drug-likeness (QED) is 0.747. The molecule has 124 valence electrons. The van der Waals surface area contributed by atoms with Gasteiger partial charge in [0.2, 0.25) is 0 Å². The standard InChI is InChI=1S/C17H28N2O3/c1-4-22-14-7-5-6-13(15(14)21)16(17(2,3)12-20)19-10-8-18-9-11-19/h5-7,16,18,20-21H,4,8-12H2,1-3H3/t16-/m1/s1. The van der Waals surface area contributed by atoms with Gasteiger partial charge >= 0.3 is 0 Å². The number of ether oxygens (including phenoxy) is 1. The first-order valence-electron chi connectivity index (χ1n) is 8.01. The summed E-state index contributed by atoms with van der Waals surface area (Å²) >= 11 is 0. The van der Waals surface area contributed by atoms with E-state index in [4.69, 9.17) is 4.74 Å². The largest absolute Gasteiger partial charge is 0.504 e. The highest BCUT2D eigenvalue weighted by molar-refractivity contribution is 5.47. The lowest BCUT2D eigenvalue weighted by Crippen LogP contribution is -2.49. The Kier molecular flexibility index (Phi) is 5.67. The van der Waals surface area contributed by atoms with Crippen molar-refractivity contribution in [1.82, 2.24) is 10.2 Å². The van der Waals surface area contributed by atoms with Crippen molar-refractivity contribution >= 4 is 0 Å². The first kappa shape index (κ1) is 17.1. The average Bonchev–Trinajstić information content (AvgIpc) is 2.52. The summed E-state index contributed by atoms with van der Waals surface area (Å²) in [7, 11) is 0. The van der Waals surface area contributed by atoms with Crippen LogP contribution in [0.5, 0.6) is 11.5 Å². The Morgan fingerprint density at radius 3 is 2.59 bits per heavy atom. The predicted molar refractivity (Wildman–Crippen MR) is 87.3 cm³/mol. The molecule has 0 bridgehead atoms. The fourth-order valence-corrected chi connectivity index (χ4v) is 3.17. The summed E-state index contributed by atoms with van der Waals surface area (Å²) in [4.78, 5) is 2.33. The molecule has 0 aromatic heterocycles. The van der Waals surface area contributed by atoms with E-state index in [9.17, 15) is 10.2 Å². The van der Waals surface area contributed by atoms with Gasteiger partial charge in [0.1, 0.15) is 0 Å². The summed E-state index contributed by atoms with van der Waals surface area (Å²) in [5, 5.41) is 23.8. The lowest BCUT2D eigenvalue weighted by molar-refractivity contribution is 0.0291. The van der Waals surface area contributed by atoms with Gasteiger partial charge in [-0.2, -0.15) is 0 Å². The topological polar surface area (TPSA) is 65.0 Å². The van der Waals surface area contributed by atoms with Crippen LogP contribution in [0.2, 0.25) is 0 Å². The van der Waals surface area contributed by atoms with Crippen LogP contribution in [0.4, 0.5) is 0 Å². The molecule has 1 heterocycles. The van der Waals surface area contributed by atoms with Crippen molar-refractivity contribution in [2.24, 2.45) is 5.41 Å². The molecule has 22 heavy (non-hydrogen) atoms. The monoisotopic (exact) mass is 308 g/mol. The van der Waals surface area contributed by atoms with Gasteiger partial charge in [0.25, 0.3) is 0 Å². The number of nitrogens with one attached hydrogen (secondary N) is 1. The Labute approximate surface area is 132 Å². The summed E-state index contributed by atoms with van der Waals surface area (Å²) in [5.41, 5.74) is 0.464. The fraction of sp³-hybridized carbons (Fsp3) is 0.647. The normalized spacial score (nSPS) is 18.2. The lowest BCUT2D eigenvalue weighted by Gasteiger charge is -2.43. The molecular formula is C17H28N2O3. The summed E-state index contributed by atoms with van der Waals surface area (Å²) in [6, 6.07) is 5.56. The van der Waals surface area contributed by atoms with E-state index in [1.165, 1.54) is 0 Å². The molecule has 0 saturated carbocycles. The summed E-state index contributed by atoms with van der Waals surface area (Å²) in [6.07, 6.45) is 0. The van der Waals surface area contributed by atoms with Crippen molar-refractivity contribution in [2.75, 3.05) is 39.4 Å². The van der Waals surface area contributed by atoms with E-state index in [-0.39, 0.29) is 23.8 Å². The molecule has 2 rings (SSSR count). The van der Waals surface area contributed by atoms with E-state index in [2.05, 4.69) is 10.2 Å². The third kappa shape index (κ3) is 3.54. The lowest BCUT2D eigenvalue weighted by atomic mass is 9.79. The second-order valence-corrected chi connectivity index (χ2v) is 6.46. The number of phenolic OH excluding ortho intramolecular Hbond substituents is 1. The van der Waals surface area contributed by atoms with Gasteiger partial charge in [-0.15, -0.1) is 0 Å². The van der Waals surface area contributed by atoms with Crippen LogP contribution < -0.4 is 10.1 Å². The van der Waals surface area contributed by atoms with Gasteiger partial charge in [-0.25, -0.2) is 0 Å². The Morgan fingerprint density at radius 2 is 2.00 bits per heavy atom. The van der Waals surface area contributed by atoms with Crippen molar-refractivity contribution in [1.29, 1.82) is 0 Å². The van der Waals surface area contributed by atoms with Crippen molar-refractivity contribution in [3.05, 3.63) is 23.8 Å². The van der Waals surface area contributed by atoms with E-state index in [0.717, 1.165) is 31.7 Å². The Morgan fingerprint density at radius 1 is 1.32 bits per heavy atom. The Hall–Kier alpha value is -1.30. The highest BCUT2D eigenvalue weighted by atomic mass is 16.5. The van der Waals surface area contributed by atoms with Crippen molar-refractivity contribution in [3.8, 4) is 11.5 Å². The summed E-state index contributed by atoms with van der Waals surface area (Å²) in [6.45, 7) is 10.2. The number of hydrogen-bond donors (Lipinski definition) is 3. The van der Waals surface area contributed by atoms with Gasteiger partial charge in [-0.05, 0) is 13.0 Å². The molecule has 5 heteroatoms. The molecule has 0 aliphatic carbocycles. The third-order valence-electron chi connectivity index (χ3n) is 4.29. The number of aliphatic hydroxyl groups is 1. The number of aliphatic hydroxyl groups excluding tert-OH is 1. The Balaban J connectivity index is 2.42. The van der Waals surface area contributed by atoms with Gasteiger partial charge in [0.05, 0.1) is 6.61 Å². The van der Waals surface area contributed by atoms with Crippen LogP contribution in [0.1, 0.15) is 32.4 Å². The molecule has 0 spiro atoms. The average molecular weight is 308 g/mol. The van der Waals surface area contributed by atoms with Gasteiger partial charge in [-0.3, -0.25) is 4.90 Å². The van der Waals surface area contributed by atoms with Crippen molar-refractivity contribution in [2.45, 2.75) is 26.8 Å². The van der Waals surface area contributed by atoms with Crippen LogP contribution in [-0.2, 0) is 0 Å². The first-order chi connectivity index (χ1) is 10.5. The molecule has 1 aromatic carbocycles. The maximum atomic E-state index is 10.6. The van der Waals surface area contributed by atoms with E-state index >= 15 is 0 Å². The number of rotatable bonds is 6. The van der Waals surface area contributed by atoms with E-state index < -0.39 is 0 Å². The number of para-hydroxylation sites is 1. The van der Waals surface area contributed by atoms with Gasteiger partial charge in [-0.1, -0.05) is 26.0 Å². The molecule has 1 aliphatic heterocycles. The minimum Gasteiger partial charge on any atom is -0.504 e. The van der Waals surface area contributed by atoms with E-state index in [0.29, 0.717) is 12.4 Å². The van der Waals surface area contributed by atoms with E-state index in [1.807, 2.05) is 32.9 Å². The zero-order valence-corrected chi connectivity index (χ0v) is 13.8. The highest BCUT2D eigenvalue weighted by Crippen LogP contribution is 2.44. The molecule has 3 N–H and O–H groups in total. The SMILES string of the molecule is CCOc1cccc([C@@H](N2CCNCC2)C(C)(C)CO)c1O. The van der Waals surface area contributed by atoms with Crippen LogP contribution in [0.3, 0.4) is 0 Å². The maximum absolute atomic E-state index is 10.6. The van der Waals surface area contributed by atoms with Crippen molar-refractivity contribution < 1.29 is 14.9 Å². The predicted octanol–water partition coefficient (Wildman–Crippen LogP) is 1.76. The van der Waals surface area contributed by atoms with Crippen LogP contribution in [0.25, 0.3) is 0 Å². The van der Waals surface area contributed by atoms with Crippen LogP contribution in [-0.4, -0.2) is 54.5 Å². The second kappa shape index (κ2) is 7.31. The summed E-state index contributed by atoms with van der Waals surface area (Å²) in [5.74, 6) is 0.697. The molecule has 0 amide bonds. The molecule has 1 saturated heterocycles. The number of hydrogen-bond acceptors (Lipinski definition) is 5. The number of piperazine rings is 1. The van der Waals surface area contributed by atoms with Gasteiger partial charge < -0.3 is 20.3 Å². The minimum absolute atomic E-state index is 0.0555. The first-order valence-corrected chi connectivity index (χ1v) is 8.01. The molecule has 1 atom stereocenters.